The van der Waals surface area contributed by atoms with Crippen molar-refractivity contribution >= 4 is 11.6 Å². The van der Waals surface area contributed by atoms with E-state index in [9.17, 15) is 9.90 Å². The number of carbonyl (C=O) groups excluding carboxylic acids is 1. The number of aromatic hydroxyl groups is 1. The fraction of sp³-hybridized carbons (Fsp3) is 0.133. The van der Waals surface area contributed by atoms with Crippen LogP contribution in [0, 0.1) is 6.92 Å². The molecule has 0 saturated heterocycles. The number of amides is 1. The zero-order valence-electron chi connectivity index (χ0n) is 11.3. The van der Waals surface area contributed by atoms with E-state index < -0.39 is 0 Å². The molecule has 0 aliphatic rings. The molecule has 0 aliphatic heterocycles. The Morgan fingerprint density at radius 3 is 2.65 bits per heavy atom. The van der Waals surface area contributed by atoms with Crippen molar-refractivity contribution in [1.29, 1.82) is 0 Å². The summed E-state index contributed by atoms with van der Waals surface area (Å²) in [6, 6.07) is 10.3. The van der Waals surface area contributed by atoms with Crippen molar-refractivity contribution in [3.63, 3.8) is 0 Å². The molecule has 0 fully saturated rings. The molecule has 2 N–H and O–H groups in total. The van der Waals surface area contributed by atoms with Crippen LogP contribution in [0.4, 0.5) is 0 Å². The van der Waals surface area contributed by atoms with E-state index in [1.807, 2.05) is 6.92 Å². The number of rotatable bonds is 3. The minimum atomic E-state index is -0.340. The van der Waals surface area contributed by atoms with Crippen molar-refractivity contribution in [1.82, 2.24) is 10.4 Å². The van der Waals surface area contributed by atoms with Crippen LogP contribution in [0.3, 0.4) is 0 Å². The Bertz CT molecular complexity index is 648. The molecule has 2 aromatic rings. The van der Waals surface area contributed by atoms with Crippen LogP contribution in [-0.2, 0) is 0 Å². The highest BCUT2D eigenvalue weighted by Crippen LogP contribution is 2.16. The van der Waals surface area contributed by atoms with E-state index in [4.69, 9.17) is 0 Å². The molecule has 0 aliphatic carbocycles. The standard InChI is InChI=1S/C15H15N3O2/c1-10-7-8-12(9-16-10)15(20)18-17-11(2)13-5-3-4-6-14(13)19/h3-9,19H,1-2H3,(H,18,20)/b17-11+. The number of hydrogen-bond acceptors (Lipinski definition) is 4. The molecule has 1 aromatic heterocycles. The topological polar surface area (TPSA) is 74.6 Å². The van der Waals surface area contributed by atoms with Gasteiger partial charge in [-0.15, -0.1) is 0 Å². The summed E-state index contributed by atoms with van der Waals surface area (Å²) in [6.45, 7) is 3.56. The molecule has 0 bridgehead atoms. The molecule has 0 radical (unpaired) electrons. The second kappa shape index (κ2) is 5.97. The molecule has 20 heavy (non-hydrogen) atoms. The van der Waals surface area contributed by atoms with Crippen molar-refractivity contribution in [2.45, 2.75) is 13.8 Å². The normalized spacial score (nSPS) is 11.2. The first-order valence-electron chi connectivity index (χ1n) is 6.13. The molecule has 102 valence electrons. The van der Waals surface area contributed by atoms with E-state index in [2.05, 4.69) is 15.5 Å². The maximum atomic E-state index is 11.9. The van der Waals surface area contributed by atoms with Crippen LogP contribution >= 0.6 is 0 Å². The molecular weight excluding hydrogens is 254 g/mol. The van der Waals surface area contributed by atoms with E-state index in [1.165, 1.54) is 6.20 Å². The predicted octanol–water partition coefficient (Wildman–Crippen LogP) is 2.25. The Balaban J connectivity index is 2.11. The number of phenolic OH excluding ortho intramolecular Hbond substituents is 1. The third-order valence-corrected chi connectivity index (χ3v) is 2.79. The monoisotopic (exact) mass is 269 g/mol. The van der Waals surface area contributed by atoms with Crippen LogP contribution in [0.15, 0.2) is 47.7 Å². The quantitative estimate of drug-likeness (QED) is 0.663. The van der Waals surface area contributed by atoms with E-state index in [0.29, 0.717) is 16.8 Å². The molecule has 1 amide bonds. The number of nitrogens with one attached hydrogen (secondary N) is 1. The number of benzene rings is 1. The Kier molecular flexibility index (Phi) is 4.10. The van der Waals surface area contributed by atoms with Crippen LogP contribution in [0.5, 0.6) is 5.75 Å². The van der Waals surface area contributed by atoms with Gasteiger partial charge in [0.2, 0.25) is 0 Å². The Morgan fingerprint density at radius 2 is 2.00 bits per heavy atom. The van der Waals surface area contributed by atoms with Gasteiger partial charge in [0, 0.05) is 17.5 Å². The van der Waals surface area contributed by atoms with Crippen LogP contribution in [0.2, 0.25) is 0 Å². The van der Waals surface area contributed by atoms with Gasteiger partial charge in [0.15, 0.2) is 0 Å². The third kappa shape index (κ3) is 3.20. The Morgan fingerprint density at radius 1 is 1.25 bits per heavy atom. The van der Waals surface area contributed by atoms with E-state index in [-0.39, 0.29) is 11.7 Å². The van der Waals surface area contributed by atoms with Gasteiger partial charge in [-0.1, -0.05) is 12.1 Å². The summed E-state index contributed by atoms with van der Waals surface area (Å²) < 4.78 is 0. The molecule has 5 heteroatoms. The highest BCUT2D eigenvalue weighted by atomic mass is 16.3. The summed E-state index contributed by atoms with van der Waals surface area (Å²) in [7, 11) is 0. The van der Waals surface area contributed by atoms with Crippen LogP contribution in [-0.4, -0.2) is 21.7 Å². The molecule has 1 heterocycles. The van der Waals surface area contributed by atoms with Crippen LogP contribution < -0.4 is 5.43 Å². The average Bonchev–Trinajstić information content (AvgIpc) is 2.45. The Hall–Kier alpha value is -2.69. The van der Waals surface area contributed by atoms with Gasteiger partial charge in [-0.3, -0.25) is 9.78 Å². The van der Waals surface area contributed by atoms with Gasteiger partial charge in [-0.05, 0) is 38.1 Å². The minimum absolute atomic E-state index is 0.125. The summed E-state index contributed by atoms with van der Waals surface area (Å²) in [6.07, 6.45) is 1.50. The summed E-state index contributed by atoms with van der Waals surface area (Å²) in [5.74, 6) is -0.215. The van der Waals surface area contributed by atoms with Gasteiger partial charge in [-0.2, -0.15) is 5.10 Å². The minimum Gasteiger partial charge on any atom is -0.507 e. The zero-order chi connectivity index (χ0) is 14.5. The first-order chi connectivity index (χ1) is 9.58. The lowest BCUT2D eigenvalue weighted by molar-refractivity contribution is 0.0954. The van der Waals surface area contributed by atoms with Gasteiger partial charge >= 0.3 is 0 Å². The summed E-state index contributed by atoms with van der Waals surface area (Å²) in [4.78, 5) is 15.9. The highest BCUT2D eigenvalue weighted by molar-refractivity contribution is 6.02. The SMILES string of the molecule is C/C(=N\NC(=O)c1ccc(C)nc1)c1ccccc1O. The Labute approximate surface area is 117 Å². The van der Waals surface area contributed by atoms with E-state index >= 15 is 0 Å². The highest BCUT2D eigenvalue weighted by Gasteiger charge is 2.06. The molecule has 5 nitrogen and oxygen atoms in total. The maximum absolute atomic E-state index is 11.9. The average molecular weight is 269 g/mol. The van der Waals surface area contributed by atoms with Crippen molar-refractivity contribution < 1.29 is 9.90 Å². The number of para-hydroxylation sites is 1. The van der Waals surface area contributed by atoms with Gasteiger partial charge < -0.3 is 5.11 Å². The molecule has 0 spiro atoms. The largest absolute Gasteiger partial charge is 0.507 e. The predicted molar refractivity (Wildman–Crippen MR) is 76.8 cm³/mol. The number of nitrogens with zero attached hydrogens (tertiary/aromatic N) is 2. The lowest BCUT2D eigenvalue weighted by Gasteiger charge is -2.04. The van der Waals surface area contributed by atoms with Crippen LogP contribution in [0.1, 0.15) is 28.5 Å². The second-order valence-electron chi connectivity index (χ2n) is 4.34. The van der Waals surface area contributed by atoms with Crippen molar-refractivity contribution in [2.75, 3.05) is 0 Å². The lowest BCUT2D eigenvalue weighted by atomic mass is 10.1. The van der Waals surface area contributed by atoms with Gasteiger partial charge in [-0.25, -0.2) is 5.43 Å². The number of aryl methyl sites for hydroxylation is 1. The molecule has 0 saturated carbocycles. The fourth-order valence-electron chi connectivity index (χ4n) is 1.64. The van der Waals surface area contributed by atoms with Crippen LogP contribution in [0.25, 0.3) is 0 Å². The molecule has 1 aromatic carbocycles. The second-order valence-corrected chi connectivity index (χ2v) is 4.34. The first kappa shape index (κ1) is 13.7. The van der Waals surface area contributed by atoms with Gasteiger partial charge in [0.1, 0.15) is 5.75 Å². The van der Waals surface area contributed by atoms with Crippen molar-refractivity contribution in [3.8, 4) is 5.75 Å². The number of pyridine rings is 1. The van der Waals surface area contributed by atoms with Crippen molar-refractivity contribution in [3.05, 3.63) is 59.4 Å². The number of phenols is 1. The van der Waals surface area contributed by atoms with E-state index in [0.717, 1.165) is 5.69 Å². The molecule has 0 atom stereocenters. The lowest BCUT2D eigenvalue weighted by Crippen LogP contribution is -2.19. The third-order valence-electron chi connectivity index (χ3n) is 2.79. The summed E-state index contributed by atoms with van der Waals surface area (Å²) in [5, 5.41) is 13.7. The number of hydrogen-bond donors (Lipinski definition) is 2. The maximum Gasteiger partial charge on any atom is 0.272 e. The molecular formula is C15H15N3O2. The zero-order valence-corrected chi connectivity index (χ0v) is 11.3. The summed E-state index contributed by atoms with van der Waals surface area (Å²) >= 11 is 0. The van der Waals surface area contributed by atoms with E-state index in [1.54, 1.807) is 43.3 Å². The van der Waals surface area contributed by atoms with Gasteiger partial charge in [0.25, 0.3) is 5.91 Å². The fourth-order valence-corrected chi connectivity index (χ4v) is 1.64. The van der Waals surface area contributed by atoms with Crippen molar-refractivity contribution in [2.24, 2.45) is 5.10 Å². The molecule has 2 rings (SSSR count). The van der Waals surface area contributed by atoms with Gasteiger partial charge in [0.05, 0.1) is 11.3 Å². The number of carbonyl (C=O) groups is 1. The molecule has 0 unspecified atom stereocenters. The first-order valence-corrected chi connectivity index (χ1v) is 6.13. The summed E-state index contributed by atoms with van der Waals surface area (Å²) in [5.41, 5.74) is 4.82. The smallest absolute Gasteiger partial charge is 0.272 e. The number of aromatic nitrogens is 1. The number of hydrazone groups is 1.